The van der Waals surface area contributed by atoms with Gasteiger partial charge in [0.15, 0.2) is 10.3 Å². The van der Waals surface area contributed by atoms with Gasteiger partial charge in [-0.2, -0.15) is 0 Å². The van der Waals surface area contributed by atoms with Crippen molar-refractivity contribution < 1.29 is 14.0 Å². The van der Waals surface area contributed by atoms with Gasteiger partial charge in [-0.3, -0.25) is 15.4 Å². The van der Waals surface area contributed by atoms with Crippen molar-refractivity contribution >= 4 is 60.8 Å². The highest BCUT2D eigenvalue weighted by atomic mass is 32.1. The predicted molar refractivity (Wildman–Crippen MR) is 118 cm³/mol. The Hall–Kier alpha value is -3.37. The van der Waals surface area contributed by atoms with Crippen LogP contribution in [0.15, 0.2) is 42.5 Å². The lowest BCUT2D eigenvalue weighted by Crippen LogP contribution is -2.19. The zero-order valence-corrected chi connectivity index (χ0v) is 17.6. The molecule has 0 aliphatic heterocycles. The molecule has 3 N–H and O–H groups in total. The molecule has 152 valence electrons. The Balaban J connectivity index is 1.44. The van der Waals surface area contributed by atoms with Gasteiger partial charge >= 0.3 is 6.03 Å². The van der Waals surface area contributed by atoms with Crippen LogP contribution in [0.1, 0.15) is 20.9 Å². The van der Waals surface area contributed by atoms with E-state index in [1.807, 2.05) is 25.1 Å². The van der Waals surface area contributed by atoms with E-state index in [-0.39, 0.29) is 11.0 Å². The molecule has 0 saturated carbocycles. The van der Waals surface area contributed by atoms with Crippen LogP contribution in [0.5, 0.6) is 0 Å². The van der Waals surface area contributed by atoms with Crippen molar-refractivity contribution in [3.05, 3.63) is 64.4 Å². The maximum absolute atomic E-state index is 13.0. The fourth-order valence-electron chi connectivity index (χ4n) is 2.75. The number of hydrogen-bond donors (Lipinski definition) is 3. The van der Waals surface area contributed by atoms with Crippen LogP contribution in [-0.4, -0.2) is 21.9 Å². The SMILES string of the molecule is Cc1nc(NC(=O)Nc2ccc(F)cc2)sc1C(=O)Nc1nc2c(C)cccc2s1. The summed E-state index contributed by atoms with van der Waals surface area (Å²) in [5.41, 5.74) is 2.83. The maximum atomic E-state index is 13.0. The van der Waals surface area contributed by atoms with Gasteiger partial charge in [-0.05, 0) is 49.7 Å². The highest BCUT2D eigenvalue weighted by Gasteiger charge is 2.18. The quantitative estimate of drug-likeness (QED) is 0.395. The summed E-state index contributed by atoms with van der Waals surface area (Å²) in [6.07, 6.45) is 0. The minimum Gasteiger partial charge on any atom is -0.308 e. The van der Waals surface area contributed by atoms with Crippen molar-refractivity contribution in [3.8, 4) is 0 Å². The van der Waals surface area contributed by atoms with E-state index < -0.39 is 11.8 Å². The molecule has 0 fully saturated rings. The Morgan fingerprint density at radius 1 is 0.900 bits per heavy atom. The minimum absolute atomic E-state index is 0.275. The molecule has 7 nitrogen and oxygen atoms in total. The van der Waals surface area contributed by atoms with E-state index in [4.69, 9.17) is 0 Å². The molecule has 2 heterocycles. The van der Waals surface area contributed by atoms with E-state index in [2.05, 4.69) is 25.9 Å². The van der Waals surface area contributed by atoms with Crippen molar-refractivity contribution in [1.29, 1.82) is 0 Å². The number of nitrogens with zero attached hydrogens (tertiary/aromatic N) is 2. The van der Waals surface area contributed by atoms with Crippen LogP contribution in [0.2, 0.25) is 0 Å². The van der Waals surface area contributed by atoms with E-state index in [0.29, 0.717) is 21.4 Å². The zero-order chi connectivity index (χ0) is 21.3. The second-order valence-electron chi connectivity index (χ2n) is 6.41. The molecule has 0 radical (unpaired) electrons. The third kappa shape index (κ3) is 4.29. The van der Waals surface area contributed by atoms with Gasteiger partial charge in [-0.25, -0.2) is 19.2 Å². The second-order valence-corrected chi connectivity index (χ2v) is 8.44. The van der Waals surface area contributed by atoms with Crippen molar-refractivity contribution in [2.75, 3.05) is 16.0 Å². The van der Waals surface area contributed by atoms with E-state index >= 15 is 0 Å². The van der Waals surface area contributed by atoms with Gasteiger partial charge in [0.25, 0.3) is 5.91 Å². The van der Waals surface area contributed by atoms with Crippen molar-refractivity contribution in [1.82, 2.24) is 9.97 Å². The Bertz CT molecular complexity index is 1250. The second kappa shape index (κ2) is 8.17. The number of benzene rings is 2. The van der Waals surface area contributed by atoms with Gasteiger partial charge in [0, 0.05) is 5.69 Å². The number of carbonyl (C=O) groups is 2. The monoisotopic (exact) mass is 441 g/mol. The highest BCUT2D eigenvalue weighted by Crippen LogP contribution is 2.29. The number of thiazole rings is 2. The Kier molecular flexibility index (Phi) is 5.42. The number of amides is 3. The van der Waals surface area contributed by atoms with Crippen molar-refractivity contribution in [2.24, 2.45) is 0 Å². The Morgan fingerprint density at radius 3 is 2.37 bits per heavy atom. The third-order valence-corrected chi connectivity index (χ3v) is 6.17. The van der Waals surface area contributed by atoms with E-state index in [1.54, 1.807) is 6.92 Å². The fraction of sp³-hybridized carbons (Fsp3) is 0.100. The lowest BCUT2D eigenvalue weighted by atomic mass is 10.2. The summed E-state index contributed by atoms with van der Waals surface area (Å²) in [5.74, 6) is -0.732. The maximum Gasteiger partial charge on any atom is 0.325 e. The average molecular weight is 442 g/mol. The van der Waals surface area contributed by atoms with E-state index in [0.717, 1.165) is 27.1 Å². The molecular weight excluding hydrogens is 425 g/mol. The molecule has 0 unspecified atom stereocenters. The van der Waals surface area contributed by atoms with Crippen LogP contribution < -0.4 is 16.0 Å². The van der Waals surface area contributed by atoms with Crippen LogP contribution in [0.3, 0.4) is 0 Å². The highest BCUT2D eigenvalue weighted by molar-refractivity contribution is 7.22. The number of halogens is 1. The van der Waals surface area contributed by atoms with Crippen molar-refractivity contribution in [3.63, 3.8) is 0 Å². The fourth-order valence-corrected chi connectivity index (χ4v) is 4.54. The predicted octanol–water partition coefficient (Wildman–Crippen LogP) is 5.41. The van der Waals surface area contributed by atoms with Crippen LogP contribution >= 0.6 is 22.7 Å². The topological polar surface area (TPSA) is 96.0 Å². The molecule has 0 bridgehead atoms. The van der Waals surface area contributed by atoms with Crippen LogP contribution in [0.25, 0.3) is 10.2 Å². The zero-order valence-electron chi connectivity index (χ0n) is 15.9. The smallest absolute Gasteiger partial charge is 0.308 e. The largest absolute Gasteiger partial charge is 0.325 e. The lowest BCUT2D eigenvalue weighted by molar-refractivity contribution is 0.103. The van der Waals surface area contributed by atoms with Gasteiger partial charge < -0.3 is 5.32 Å². The summed E-state index contributed by atoms with van der Waals surface area (Å²) in [4.78, 5) is 33.9. The number of rotatable bonds is 4. The number of hydrogen-bond acceptors (Lipinski definition) is 6. The third-order valence-electron chi connectivity index (χ3n) is 4.17. The molecule has 0 aliphatic rings. The lowest BCUT2D eigenvalue weighted by Gasteiger charge is -2.04. The van der Waals surface area contributed by atoms with Gasteiger partial charge in [-0.1, -0.05) is 34.8 Å². The molecule has 2 aromatic carbocycles. The first kappa shape index (κ1) is 19.9. The number of aryl methyl sites for hydroxylation is 2. The van der Waals surface area contributed by atoms with E-state index in [1.165, 1.54) is 35.6 Å². The number of para-hydroxylation sites is 1. The number of urea groups is 1. The summed E-state index contributed by atoms with van der Waals surface area (Å²) in [7, 11) is 0. The molecule has 4 rings (SSSR count). The molecule has 0 atom stereocenters. The number of nitrogens with one attached hydrogen (secondary N) is 3. The molecular formula is C20H16FN5O2S2. The number of aromatic nitrogens is 2. The molecule has 10 heteroatoms. The molecule has 0 aliphatic carbocycles. The molecule has 4 aromatic rings. The van der Waals surface area contributed by atoms with Crippen LogP contribution in [-0.2, 0) is 0 Å². The molecule has 2 aromatic heterocycles. The Labute approximate surface area is 179 Å². The summed E-state index contributed by atoms with van der Waals surface area (Å²) in [6.45, 7) is 3.66. The first-order valence-corrected chi connectivity index (χ1v) is 10.5. The van der Waals surface area contributed by atoms with Gasteiger partial charge in [0.05, 0.1) is 15.9 Å². The number of carbonyl (C=O) groups excluding carboxylic acids is 2. The first-order valence-electron chi connectivity index (χ1n) is 8.87. The molecule has 30 heavy (non-hydrogen) atoms. The summed E-state index contributed by atoms with van der Waals surface area (Å²) in [6, 6.07) is 10.7. The van der Waals surface area contributed by atoms with Crippen LogP contribution in [0, 0.1) is 19.7 Å². The number of anilines is 3. The number of fused-ring (bicyclic) bond motifs is 1. The normalized spacial score (nSPS) is 10.8. The molecule has 0 saturated heterocycles. The van der Waals surface area contributed by atoms with Gasteiger partial charge in [0.1, 0.15) is 10.7 Å². The van der Waals surface area contributed by atoms with Gasteiger partial charge in [-0.15, -0.1) is 0 Å². The summed E-state index contributed by atoms with van der Waals surface area (Å²) < 4.78 is 13.9. The first-order chi connectivity index (χ1) is 14.4. The van der Waals surface area contributed by atoms with E-state index in [9.17, 15) is 14.0 Å². The molecule has 3 amide bonds. The van der Waals surface area contributed by atoms with Crippen LogP contribution in [0.4, 0.5) is 25.1 Å². The standard InChI is InChI=1S/C20H16FN5O2S2/c1-10-4-3-5-14-15(10)24-20(29-14)25-17(27)16-11(2)22-19(30-16)26-18(28)23-13-8-6-12(21)7-9-13/h3-9H,1-2H3,(H,24,25,27)(H2,22,23,26,28). The Morgan fingerprint density at radius 2 is 1.63 bits per heavy atom. The minimum atomic E-state index is -0.538. The average Bonchev–Trinajstić information content (AvgIpc) is 3.27. The summed E-state index contributed by atoms with van der Waals surface area (Å²) in [5, 5.41) is 8.74. The molecule has 0 spiro atoms. The summed E-state index contributed by atoms with van der Waals surface area (Å²) >= 11 is 2.45. The van der Waals surface area contributed by atoms with Gasteiger partial charge in [0.2, 0.25) is 0 Å². The van der Waals surface area contributed by atoms with Crippen molar-refractivity contribution in [2.45, 2.75) is 13.8 Å².